The third kappa shape index (κ3) is 8.49. The number of halogens is 3. The summed E-state index contributed by atoms with van der Waals surface area (Å²) in [5.41, 5.74) is 2.16. The van der Waals surface area contributed by atoms with Crippen LogP contribution in [0.1, 0.15) is 42.4 Å². The van der Waals surface area contributed by atoms with Crippen molar-refractivity contribution in [1.29, 1.82) is 0 Å². The molecule has 1 aliphatic carbocycles. The number of hydrogen-bond acceptors (Lipinski definition) is 4. The van der Waals surface area contributed by atoms with Gasteiger partial charge in [0.1, 0.15) is 12.6 Å². The number of sulfonamides is 1. The molecule has 11 heteroatoms. The van der Waals surface area contributed by atoms with Crippen LogP contribution in [0.4, 0.5) is 5.69 Å². The topological polar surface area (TPSA) is 86.8 Å². The number of hydrogen-bond donors (Lipinski definition) is 1. The lowest BCUT2D eigenvalue weighted by Crippen LogP contribution is -2.54. The smallest absolute Gasteiger partial charge is 0.264 e. The predicted octanol–water partition coefficient (Wildman–Crippen LogP) is 7.85. The van der Waals surface area contributed by atoms with Crippen LogP contribution in [-0.4, -0.2) is 43.8 Å². The van der Waals surface area contributed by atoms with E-state index in [1.807, 2.05) is 30.3 Å². The van der Waals surface area contributed by atoms with Crippen molar-refractivity contribution in [3.8, 4) is 0 Å². The Hall–Kier alpha value is -3.56. The molecule has 0 unspecified atom stereocenters. The maximum absolute atomic E-state index is 14.7. The van der Waals surface area contributed by atoms with Crippen molar-refractivity contribution in [1.82, 2.24) is 10.2 Å². The molecule has 0 spiro atoms. The van der Waals surface area contributed by atoms with Gasteiger partial charge in [-0.25, -0.2) is 8.42 Å². The number of nitrogens with zero attached hydrogens (tertiary/aromatic N) is 2. The van der Waals surface area contributed by atoms with Crippen LogP contribution in [0.5, 0.6) is 0 Å². The highest BCUT2D eigenvalue weighted by atomic mass is 35.5. The molecule has 0 heterocycles. The first-order chi connectivity index (χ1) is 22.5. The lowest BCUT2D eigenvalue weighted by molar-refractivity contribution is -0.140. The quantitative estimate of drug-likeness (QED) is 0.162. The van der Waals surface area contributed by atoms with Crippen LogP contribution in [0.2, 0.25) is 15.1 Å². The summed E-state index contributed by atoms with van der Waals surface area (Å²) in [6.45, 7) is 1.05. The molecular weight excluding hydrogens is 677 g/mol. The second-order valence-corrected chi connectivity index (χ2v) is 14.8. The van der Waals surface area contributed by atoms with Gasteiger partial charge >= 0.3 is 0 Å². The van der Waals surface area contributed by atoms with E-state index in [0.717, 1.165) is 35.6 Å². The average Bonchev–Trinajstić information content (AvgIpc) is 3.57. The summed E-state index contributed by atoms with van der Waals surface area (Å²) in [7, 11) is -4.25. The second kappa shape index (κ2) is 15.6. The van der Waals surface area contributed by atoms with Crippen LogP contribution in [0.15, 0.2) is 102 Å². The highest BCUT2D eigenvalue weighted by Crippen LogP contribution is 2.32. The van der Waals surface area contributed by atoms with Crippen molar-refractivity contribution in [2.45, 2.75) is 62.6 Å². The number of rotatable bonds is 12. The maximum atomic E-state index is 14.7. The van der Waals surface area contributed by atoms with Crippen LogP contribution < -0.4 is 9.62 Å². The van der Waals surface area contributed by atoms with E-state index in [1.54, 1.807) is 61.5 Å². The highest BCUT2D eigenvalue weighted by Gasteiger charge is 2.36. The van der Waals surface area contributed by atoms with Gasteiger partial charge in [0.15, 0.2) is 0 Å². The zero-order chi connectivity index (χ0) is 33.6. The van der Waals surface area contributed by atoms with Crippen LogP contribution in [0.3, 0.4) is 0 Å². The monoisotopic (exact) mass is 711 g/mol. The molecule has 0 aliphatic heterocycles. The number of carbonyl (C=O) groups is 2. The highest BCUT2D eigenvalue weighted by molar-refractivity contribution is 7.92. The molecule has 2 amide bonds. The van der Waals surface area contributed by atoms with E-state index in [1.165, 1.54) is 17.0 Å². The van der Waals surface area contributed by atoms with Crippen LogP contribution in [0.25, 0.3) is 0 Å². The van der Waals surface area contributed by atoms with Crippen molar-refractivity contribution in [3.05, 3.63) is 129 Å². The molecule has 0 radical (unpaired) electrons. The van der Waals surface area contributed by atoms with E-state index >= 15 is 0 Å². The van der Waals surface area contributed by atoms with Gasteiger partial charge in [0, 0.05) is 34.1 Å². The Morgan fingerprint density at radius 2 is 1.51 bits per heavy atom. The van der Waals surface area contributed by atoms with Crippen molar-refractivity contribution >= 4 is 62.3 Å². The second-order valence-electron chi connectivity index (χ2n) is 11.7. The average molecular weight is 713 g/mol. The number of benzene rings is 4. The first-order valence-corrected chi connectivity index (χ1v) is 18.0. The summed E-state index contributed by atoms with van der Waals surface area (Å²) in [5, 5.41) is 4.27. The van der Waals surface area contributed by atoms with Gasteiger partial charge in [-0.05, 0) is 72.9 Å². The molecule has 1 N–H and O–H groups in total. The standard InChI is InChI=1S/C36H36Cl3N3O4S/c1-25-31(38)17-10-18-33(25)42(47(45,46)30-15-6-3-7-16-30)24-35(43)41(23-27-19-20-28(37)22-32(27)39)34(21-26-11-4-2-5-12-26)36(44)40-29-13-8-9-14-29/h2-7,10-12,15-20,22,29,34H,8-9,13-14,21,23-24H2,1H3,(H,40,44)/t34-/m1/s1. The van der Waals surface area contributed by atoms with E-state index in [2.05, 4.69) is 5.32 Å². The Bertz CT molecular complexity index is 1820. The number of anilines is 1. The fraction of sp³-hybridized carbons (Fsp3) is 0.278. The van der Waals surface area contributed by atoms with E-state index in [0.29, 0.717) is 26.2 Å². The molecule has 0 saturated heterocycles. The molecule has 1 atom stereocenters. The third-order valence-corrected chi connectivity index (χ3v) is 11.2. The van der Waals surface area contributed by atoms with Crippen LogP contribution >= 0.6 is 34.8 Å². The summed E-state index contributed by atoms with van der Waals surface area (Å²) in [6, 6.07) is 26.2. The summed E-state index contributed by atoms with van der Waals surface area (Å²) < 4.78 is 29.5. The van der Waals surface area contributed by atoms with Gasteiger partial charge in [-0.15, -0.1) is 0 Å². The summed E-state index contributed by atoms with van der Waals surface area (Å²) in [5.74, 6) is -0.895. The summed E-state index contributed by atoms with van der Waals surface area (Å²) >= 11 is 19.3. The predicted molar refractivity (Wildman–Crippen MR) is 189 cm³/mol. The van der Waals surface area contributed by atoms with Gasteiger partial charge in [0.2, 0.25) is 11.8 Å². The maximum Gasteiger partial charge on any atom is 0.264 e. The van der Waals surface area contributed by atoms with Crippen molar-refractivity contribution in [2.75, 3.05) is 10.8 Å². The Morgan fingerprint density at radius 1 is 0.851 bits per heavy atom. The van der Waals surface area contributed by atoms with E-state index in [-0.39, 0.29) is 35.5 Å². The zero-order valence-electron chi connectivity index (χ0n) is 25.9. The molecule has 0 aromatic heterocycles. The molecule has 246 valence electrons. The molecule has 1 aliphatic rings. The third-order valence-electron chi connectivity index (χ3n) is 8.45. The normalized spacial score (nSPS) is 14.0. The Kier molecular flexibility index (Phi) is 11.5. The number of amides is 2. The molecule has 5 rings (SSSR count). The molecule has 4 aromatic rings. The zero-order valence-corrected chi connectivity index (χ0v) is 29.0. The number of carbonyl (C=O) groups excluding carboxylic acids is 2. The fourth-order valence-corrected chi connectivity index (χ4v) is 7.98. The SMILES string of the molecule is Cc1c(Cl)cccc1N(CC(=O)N(Cc1ccc(Cl)cc1Cl)[C@H](Cc1ccccc1)C(=O)NC1CCCC1)S(=O)(=O)c1ccccc1. The van der Waals surface area contributed by atoms with E-state index in [4.69, 9.17) is 34.8 Å². The minimum Gasteiger partial charge on any atom is -0.352 e. The minimum atomic E-state index is -4.25. The van der Waals surface area contributed by atoms with Gasteiger partial charge < -0.3 is 10.2 Å². The first kappa shape index (κ1) is 34.8. The molecule has 47 heavy (non-hydrogen) atoms. The van der Waals surface area contributed by atoms with Gasteiger partial charge in [-0.2, -0.15) is 0 Å². The Morgan fingerprint density at radius 3 is 2.17 bits per heavy atom. The van der Waals surface area contributed by atoms with Gasteiger partial charge in [-0.1, -0.05) is 108 Å². The Labute approximate surface area is 291 Å². The fourth-order valence-electron chi connectivity index (χ4n) is 5.85. The molecular formula is C36H36Cl3N3O4S. The van der Waals surface area contributed by atoms with Gasteiger partial charge in [0.05, 0.1) is 10.6 Å². The first-order valence-electron chi connectivity index (χ1n) is 15.4. The number of nitrogens with one attached hydrogen (secondary N) is 1. The molecule has 0 bridgehead atoms. The van der Waals surface area contributed by atoms with E-state index < -0.39 is 28.5 Å². The van der Waals surface area contributed by atoms with E-state index in [9.17, 15) is 18.0 Å². The van der Waals surface area contributed by atoms with Gasteiger partial charge in [0.25, 0.3) is 10.0 Å². The van der Waals surface area contributed by atoms with Crippen LogP contribution in [0, 0.1) is 6.92 Å². The molecule has 4 aromatic carbocycles. The largest absolute Gasteiger partial charge is 0.352 e. The van der Waals surface area contributed by atoms with Crippen molar-refractivity contribution in [2.24, 2.45) is 0 Å². The lowest BCUT2D eigenvalue weighted by atomic mass is 10.0. The molecule has 1 saturated carbocycles. The van der Waals surface area contributed by atoms with Crippen molar-refractivity contribution < 1.29 is 18.0 Å². The Balaban J connectivity index is 1.60. The summed E-state index contributed by atoms with van der Waals surface area (Å²) in [4.78, 5) is 30.3. The summed E-state index contributed by atoms with van der Waals surface area (Å²) in [6.07, 6.45) is 3.96. The molecule has 7 nitrogen and oxygen atoms in total. The molecule has 1 fully saturated rings. The minimum absolute atomic E-state index is 0.000845. The lowest BCUT2D eigenvalue weighted by Gasteiger charge is -2.35. The van der Waals surface area contributed by atoms with Gasteiger partial charge in [-0.3, -0.25) is 13.9 Å². The van der Waals surface area contributed by atoms with Crippen molar-refractivity contribution in [3.63, 3.8) is 0 Å². The van der Waals surface area contributed by atoms with Crippen LogP contribution in [-0.2, 0) is 32.6 Å².